The molecule has 2 N–H and O–H groups in total. The van der Waals surface area contributed by atoms with Crippen molar-refractivity contribution in [2.24, 2.45) is 10.9 Å². The molecule has 0 saturated carbocycles. The van der Waals surface area contributed by atoms with E-state index in [1.165, 1.54) is 22.6 Å². The van der Waals surface area contributed by atoms with Crippen LogP contribution in [-0.4, -0.2) is 67.3 Å². The van der Waals surface area contributed by atoms with E-state index >= 15 is 0 Å². The highest BCUT2D eigenvalue weighted by Crippen LogP contribution is 2.29. The summed E-state index contributed by atoms with van der Waals surface area (Å²) in [5, 5.41) is 8.82. The maximum atomic E-state index is 11.9. The lowest BCUT2D eigenvalue weighted by molar-refractivity contribution is -0.147. The van der Waals surface area contributed by atoms with E-state index in [9.17, 15) is 9.59 Å². The number of halogens is 1. The van der Waals surface area contributed by atoms with E-state index in [1.807, 2.05) is 0 Å². The molecule has 0 bridgehead atoms. The number of likely N-dealkylation sites (tertiary alicyclic amines) is 2. The predicted molar refractivity (Wildman–Crippen MR) is 132 cm³/mol. The van der Waals surface area contributed by atoms with Crippen LogP contribution in [0.3, 0.4) is 0 Å². The number of nitrogens with zero attached hydrogens (tertiary/aromatic N) is 3. The molecule has 1 unspecified atom stereocenters. The zero-order valence-electron chi connectivity index (χ0n) is 17.9. The van der Waals surface area contributed by atoms with Gasteiger partial charge in [-0.05, 0) is 49.7 Å². The first-order valence-corrected chi connectivity index (χ1v) is 11.5. The molecule has 1 aromatic rings. The first-order chi connectivity index (χ1) is 14.1. The predicted octanol–water partition coefficient (Wildman–Crippen LogP) is 2.84. The van der Waals surface area contributed by atoms with Crippen LogP contribution >= 0.6 is 35.3 Å². The molecular weight excluding hydrogens is 513 g/mol. The monoisotopic (exact) mass is 547 g/mol. The fraction of sp³-hybridized carbons (Fsp3) is 0.667. The number of nitrogens with one attached hydrogen (secondary N) is 2. The molecule has 2 aliphatic rings. The minimum absolute atomic E-state index is 0. The Morgan fingerprint density at radius 1 is 1.23 bits per heavy atom. The van der Waals surface area contributed by atoms with Gasteiger partial charge in [-0.1, -0.05) is 13.0 Å². The summed E-state index contributed by atoms with van der Waals surface area (Å²) in [6.45, 7) is 6.24. The molecule has 7 nitrogen and oxygen atoms in total. The Balaban J connectivity index is 0.00000320. The molecule has 3 heterocycles. The van der Waals surface area contributed by atoms with Crippen LogP contribution in [0.25, 0.3) is 0 Å². The van der Waals surface area contributed by atoms with Crippen molar-refractivity contribution in [3.05, 3.63) is 22.4 Å². The maximum Gasteiger partial charge on any atom is 0.229 e. The van der Waals surface area contributed by atoms with E-state index in [4.69, 9.17) is 0 Å². The van der Waals surface area contributed by atoms with Crippen molar-refractivity contribution in [2.45, 2.75) is 45.1 Å². The number of imide groups is 1. The molecule has 9 heteroatoms. The largest absolute Gasteiger partial charge is 0.355 e. The summed E-state index contributed by atoms with van der Waals surface area (Å²) in [5.74, 6) is 1.37. The van der Waals surface area contributed by atoms with E-state index in [-0.39, 0.29) is 35.8 Å². The van der Waals surface area contributed by atoms with Gasteiger partial charge in [0.05, 0.1) is 6.04 Å². The number of hydrogen-bond donors (Lipinski definition) is 2. The number of piperidine rings is 2. The maximum absolute atomic E-state index is 11.9. The molecule has 2 aliphatic heterocycles. The summed E-state index contributed by atoms with van der Waals surface area (Å²) in [6, 6.07) is 4.64. The van der Waals surface area contributed by atoms with Crippen LogP contribution in [0, 0.1) is 5.92 Å². The number of amides is 2. The summed E-state index contributed by atoms with van der Waals surface area (Å²) < 4.78 is 0. The van der Waals surface area contributed by atoms with Crippen LogP contribution in [0.1, 0.15) is 49.9 Å². The number of guanidine groups is 1. The first kappa shape index (κ1) is 25.1. The lowest BCUT2D eigenvalue weighted by atomic mass is 9.97. The quantitative estimate of drug-likeness (QED) is 0.238. The molecule has 0 spiro atoms. The summed E-state index contributed by atoms with van der Waals surface area (Å²) in [6.07, 6.45) is 4.09. The van der Waals surface area contributed by atoms with Crippen molar-refractivity contribution < 1.29 is 9.59 Å². The third-order valence-corrected chi connectivity index (χ3v) is 6.80. The minimum Gasteiger partial charge on any atom is -0.355 e. The van der Waals surface area contributed by atoms with Crippen molar-refractivity contribution >= 4 is 53.1 Å². The SMILES string of the molecule is CN=C(NCCN1C(=O)CCCC1=O)NCC(c1cccs1)N1CCC(C)CC1.I. The van der Waals surface area contributed by atoms with E-state index in [0.29, 0.717) is 44.4 Å². The van der Waals surface area contributed by atoms with Crippen LogP contribution in [0.5, 0.6) is 0 Å². The Kier molecular flexibility index (Phi) is 10.5. The number of aliphatic imine (C=N–C) groups is 1. The number of rotatable bonds is 7. The van der Waals surface area contributed by atoms with Crippen LogP contribution in [0.4, 0.5) is 0 Å². The lowest BCUT2D eigenvalue weighted by Crippen LogP contribution is -2.48. The average molecular weight is 548 g/mol. The Hall–Kier alpha value is -1.20. The number of hydrogen-bond acceptors (Lipinski definition) is 5. The Labute approximate surface area is 200 Å². The standard InChI is InChI=1S/C21H33N5O2S.HI/c1-16-8-11-25(12-9-16)17(18-5-4-14-29-18)15-24-21(22-2)23-10-13-26-19(27)6-3-7-20(26)28;/h4-5,14,16-17H,3,6-13,15H2,1-2H3,(H2,22,23,24);1H. The molecule has 30 heavy (non-hydrogen) atoms. The fourth-order valence-electron chi connectivity index (χ4n) is 3.98. The smallest absolute Gasteiger partial charge is 0.229 e. The van der Waals surface area contributed by atoms with Gasteiger partial charge in [0.15, 0.2) is 5.96 Å². The normalized spacial score (nSPS) is 20.1. The summed E-state index contributed by atoms with van der Waals surface area (Å²) in [4.78, 5) is 33.5. The molecule has 2 saturated heterocycles. The van der Waals surface area contributed by atoms with Crippen molar-refractivity contribution in [3.8, 4) is 0 Å². The van der Waals surface area contributed by atoms with E-state index in [1.54, 1.807) is 18.4 Å². The highest BCUT2D eigenvalue weighted by Gasteiger charge is 2.26. The van der Waals surface area contributed by atoms with Crippen molar-refractivity contribution in [3.63, 3.8) is 0 Å². The second-order valence-electron chi connectivity index (χ2n) is 7.92. The first-order valence-electron chi connectivity index (χ1n) is 10.6. The van der Waals surface area contributed by atoms with Crippen molar-refractivity contribution in [2.75, 3.05) is 39.8 Å². The third-order valence-electron chi connectivity index (χ3n) is 5.83. The highest BCUT2D eigenvalue weighted by molar-refractivity contribution is 14.0. The Morgan fingerprint density at radius 3 is 2.53 bits per heavy atom. The molecule has 0 aliphatic carbocycles. The van der Waals surface area contributed by atoms with Gasteiger partial charge in [0.1, 0.15) is 0 Å². The van der Waals surface area contributed by atoms with Gasteiger partial charge in [0, 0.05) is 44.4 Å². The third kappa shape index (κ3) is 6.91. The van der Waals surface area contributed by atoms with Gasteiger partial charge in [-0.3, -0.25) is 24.4 Å². The van der Waals surface area contributed by atoms with Gasteiger partial charge in [0.25, 0.3) is 0 Å². The van der Waals surface area contributed by atoms with Crippen LogP contribution in [0.2, 0.25) is 0 Å². The number of thiophene rings is 1. The molecule has 1 aromatic heterocycles. The molecule has 2 amide bonds. The molecule has 0 aromatic carbocycles. The van der Waals surface area contributed by atoms with Crippen LogP contribution in [-0.2, 0) is 9.59 Å². The molecule has 2 fully saturated rings. The van der Waals surface area contributed by atoms with Gasteiger partial charge in [-0.25, -0.2) is 0 Å². The number of carbonyl (C=O) groups is 2. The van der Waals surface area contributed by atoms with E-state index in [0.717, 1.165) is 25.6 Å². The van der Waals surface area contributed by atoms with Crippen LogP contribution in [0.15, 0.2) is 22.5 Å². The van der Waals surface area contributed by atoms with Gasteiger partial charge in [-0.15, -0.1) is 35.3 Å². The van der Waals surface area contributed by atoms with Crippen molar-refractivity contribution in [1.82, 2.24) is 20.4 Å². The lowest BCUT2D eigenvalue weighted by Gasteiger charge is -2.36. The zero-order valence-corrected chi connectivity index (χ0v) is 21.1. The zero-order chi connectivity index (χ0) is 20.6. The average Bonchev–Trinajstić information content (AvgIpc) is 3.24. The fourth-order valence-corrected chi connectivity index (χ4v) is 4.84. The summed E-state index contributed by atoms with van der Waals surface area (Å²) >= 11 is 1.80. The number of carbonyl (C=O) groups excluding carboxylic acids is 2. The van der Waals surface area contributed by atoms with E-state index in [2.05, 4.69) is 45.0 Å². The molecular formula is C21H34IN5O2S. The van der Waals surface area contributed by atoms with Gasteiger partial charge in [0.2, 0.25) is 11.8 Å². The summed E-state index contributed by atoms with van der Waals surface area (Å²) in [5.41, 5.74) is 0. The second kappa shape index (κ2) is 12.6. The van der Waals surface area contributed by atoms with Gasteiger partial charge < -0.3 is 10.6 Å². The van der Waals surface area contributed by atoms with Crippen molar-refractivity contribution in [1.29, 1.82) is 0 Å². The molecule has 3 rings (SSSR count). The molecule has 1 atom stereocenters. The van der Waals surface area contributed by atoms with Gasteiger partial charge >= 0.3 is 0 Å². The minimum atomic E-state index is -0.0666. The molecule has 0 radical (unpaired) electrons. The second-order valence-corrected chi connectivity index (χ2v) is 8.90. The summed E-state index contributed by atoms with van der Waals surface area (Å²) in [7, 11) is 1.75. The van der Waals surface area contributed by atoms with E-state index < -0.39 is 0 Å². The topological polar surface area (TPSA) is 77.0 Å². The Morgan fingerprint density at radius 2 is 1.93 bits per heavy atom. The highest BCUT2D eigenvalue weighted by atomic mass is 127. The molecule has 168 valence electrons. The van der Waals surface area contributed by atoms with Crippen LogP contribution < -0.4 is 10.6 Å². The Bertz CT molecular complexity index is 688. The van der Waals surface area contributed by atoms with Gasteiger partial charge in [-0.2, -0.15) is 0 Å².